The quantitative estimate of drug-likeness (QED) is 0.229. The zero-order valence-corrected chi connectivity index (χ0v) is 19.8. The molecule has 0 spiro atoms. The lowest BCUT2D eigenvalue weighted by Gasteiger charge is -2.18. The summed E-state index contributed by atoms with van der Waals surface area (Å²) in [6.45, 7) is 0. The lowest BCUT2D eigenvalue weighted by Crippen LogP contribution is -2.17. The molecule has 198 valence electrons. The molecule has 0 radical (unpaired) electrons. The normalized spacial score (nSPS) is 13.3. The summed E-state index contributed by atoms with van der Waals surface area (Å²) in [4.78, 5) is 13.2. The third-order valence-corrected chi connectivity index (χ3v) is 5.57. The average molecular weight is 573 g/mol. The van der Waals surface area contributed by atoms with Crippen LogP contribution in [0.5, 0.6) is 23.0 Å². The number of thioether (sulfide) groups is 1. The Morgan fingerprint density at radius 1 is 1.00 bits per heavy atom. The van der Waals surface area contributed by atoms with E-state index in [9.17, 15) is 35.5 Å². The largest absolute Gasteiger partial charge is 0.573 e. The first-order valence-electron chi connectivity index (χ1n) is 11.2. The van der Waals surface area contributed by atoms with Gasteiger partial charge in [0.1, 0.15) is 17.3 Å². The van der Waals surface area contributed by atoms with E-state index in [0.717, 1.165) is 23.9 Å². The van der Waals surface area contributed by atoms with Crippen LogP contribution in [0.15, 0.2) is 53.4 Å². The molecule has 14 heteroatoms. The summed E-state index contributed by atoms with van der Waals surface area (Å²) < 4.78 is 128. The molecular formula is C23H15ClF7NO4S. The number of amides is 1. The molecule has 0 unspecified atom stereocenters. The summed E-state index contributed by atoms with van der Waals surface area (Å²) >= 11 is 6.79. The van der Waals surface area contributed by atoms with Gasteiger partial charge in [-0.1, -0.05) is 11.6 Å². The van der Waals surface area contributed by atoms with Crippen molar-refractivity contribution in [3.8, 4) is 23.0 Å². The molecule has 0 bridgehead atoms. The molecule has 3 rings (SSSR count). The number of anilines is 1. The third-order valence-electron chi connectivity index (χ3n) is 4.51. The second-order valence-electron chi connectivity index (χ2n) is 6.99. The minimum Gasteiger partial charge on any atom is -0.493 e. The second-order valence-corrected chi connectivity index (χ2v) is 8.25. The smallest absolute Gasteiger partial charge is 0.493 e. The molecule has 0 aliphatic carbocycles. The van der Waals surface area contributed by atoms with Gasteiger partial charge in [-0.15, -0.1) is 24.9 Å². The van der Waals surface area contributed by atoms with Crippen LogP contribution < -0.4 is 19.5 Å². The molecule has 0 heterocycles. The maximum absolute atomic E-state index is 13.8. The fourth-order valence-corrected chi connectivity index (χ4v) is 3.72. The van der Waals surface area contributed by atoms with Gasteiger partial charge < -0.3 is 19.5 Å². The van der Waals surface area contributed by atoms with Crippen molar-refractivity contribution in [3.63, 3.8) is 0 Å². The number of alkyl halides is 6. The number of rotatable bonds is 7. The van der Waals surface area contributed by atoms with Crippen molar-refractivity contribution in [1.29, 1.82) is 0 Å². The Hall–Kier alpha value is -3.32. The first kappa shape index (κ1) is 24.0. The summed E-state index contributed by atoms with van der Waals surface area (Å²) in [6, 6.07) is 6.34. The molecule has 3 aromatic rings. The van der Waals surface area contributed by atoms with Crippen molar-refractivity contribution >= 4 is 35.0 Å². The van der Waals surface area contributed by atoms with E-state index in [-0.39, 0.29) is 10.6 Å². The highest BCUT2D eigenvalue weighted by Gasteiger charge is 2.36. The number of hydrogen-bond acceptors (Lipinski definition) is 5. The predicted molar refractivity (Wildman–Crippen MR) is 122 cm³/mol. The van der Waals surface area contributed by atoms with Crippen LogP contribution in [0, 0.1) is 5.82 Å². The van der Waals surface area contributed by atoms with Crippen molar-refractivity contribution in [3.05, 3.63) is 70.5 Å². The number of halogens is 8. The van der Waals surface area contributed by atoms with Crippen LogP contribution in [-0.4, -0.2) is 25.6 Å². The number of nitrogens with one attached hydrogen (secondary N) is 1. The van der Waals surface area contributed by atoms with E-state index in [2.05, 4.69) is 14.8 Å². The third kappa shape index (κ3) is 7.13. The minimum absolute atomic E-state index is 0.0535. The Morgan fingerprint density at radius 3 is 2.35 bits per heavy atom. The van der Waals surface area contributed by atoms with Gasteiger partial charge >= 0.3 is 12.5 Å². The van der Waals surface area contributed by atoms with E-state index >= 15 is 0 Å². The van der Waals surface area contributed by atoms with Gasteiger partial charge in [0.2, 0.25) is 0 Å². The van der Waals surface area contributed by atoms with Crippen LogP contribution in [-0.2, 0) is 6.18 Å². The molecule has 0 saturated heterocycles. The molecule has 0 atom stereocenters. The molecule has 0 aliphatic rings. The highest BCUT2D eigenvalue weighted by molar-refractivity contribution is 7.98. The maximum atomic E-state index is 13.8. The zero-order valence-electron chi connectivity index (χ0n) is 21.2. The van der Waals surface area contributed by atoms with E-state index in [1.54, 1.807) is 6.26 Å². The lowest BCUT2D eigenvalue weighted by molar-refractivity contribution is -0.274. The monoisotopic (exact) mass is 572 g/mol. The van der Waals surface area contributed by atoms with Gasteiger partial charge in [0.15, 0.2) is 11.5 Å². The van der Waals surface area contributed by atoms with Crippen molar-refractivity contribution in [2.24, 2.45) is 0 Å². The van der Waals surface area contributed by atoms with Gasteiger partial charge in [-0.05, 0) is 48.7 Å². The number of carbonyl (C=O) groups excluding carboxylic acids is 1. The Balaban J connectivity index is 2.10. The molecule has 37 heavy (non-hydrogen) atoms. The number of benzene rings is 3. The Labute approximate surface area is 218 Å². The molecular weight excluding hydrogens is 555 g/mol. The molecule has 0 aliphatic heterocycles. The average Bonchev–Trinajstić information content (AvgIpc) is 2.80. The van der Waals surface area contributed by atoms with E-state index in [4.69, 9.17) is 20.5 Å². The Kier molecular flexibility index (Phi) is 7.13. The summed E-state index contributed by atoms with van der Waals surface area (Å²) in [6.07, 6.45) is -8.63. The maximum Gasteiger partial charge on any atom is 0.573 e. The molecule has 0 aromatic heterocycles. The highest BCUT2D eigenvalue weighted by Crippen LogP contribution is 2.42. The fraction of sp³-hybridized carbons (Fsp3) is 0.174. The molecule has 5 nitrogen and oxygen atoms in total. The van der Waals surface area contributed by atoms with Crippen LogP contribution >= 0.6 is 23.4 Å². The van der Waals surface area contributed by atoms with Gasteiger partial charge in [-0.3, -0.25) is 4.79 Å². The summed E-state index contributed by atoms with van der Waals surface area (Å²) in [5.41, 5.74) is -1.98. The summed E-state index contributed by atoms with van der Waals surface area (Å²) in [7, 11) is -3.23. The van der Waals surface area contributed by atoms with Crippen LogP contribution in [0.1, 0.15) is 20.0 Å². The lowest BCUT2D eigenvalue weighted by atomic mass is 10.1. The van der Waals surface area contributed by atoms with Crippen LogP contribution in [0.25, 0.3) is 0 Å². The fourth-order valence-electron chi connectivity index (χ4n) is 2.94. The summed E-state index contributed by atoms with van der Waals surface area (Å²) in [5, 5.41) is 1.45. The van der Waals surface area contributed by atoms with Gasteiger partial charge in [0.05, 0.1) is 27.3 Å². The number of hydrogen-bond donors (Lipinski definition) is 1. The minimum atomic E-state index is -5.17. The van der Waals surface area contributed by atoms with Gasteiger partial charge in [-0.25, -0.2) is 4.39 Å². The van der Waals surface area contributed by atoms with Gasteiger partial charge in [0.25, 0.3) is 5.91 Å². The van der Waals surface area contributed by atoms with E-state index < -0.39 is 70.4 Å². The van der Waals surface area contributed by atoms with E-state index in [1.165, 1.54) is 12.1 Å². The first-order valence-corrected chi connectivity index (χ1v) is 11.3. The van der Waals surface area contributed by atoms with Gasteiger partial charge in [0, 0.05) is 16.6 Å². The number of methoxy groups -OCH3 is 1. The number of carbonyl (C=O) groups is 1. The standard InChI is InChI=1S/C23H15ClF7NO4S/c1-34-19-8-12(36-23(29,30)31)4-6-17(19)35-18-10-14(22(26,27)28)15(24)9-13(18)21(33)32-11-3-5-16(25)20(7-11)37-2/h3-10H,1-2H3,(H,32,33)/i1D3. The molecule has 3 aromatic carbocycles. The second kappa shape index (κ2) is 11.0. The highest BCUT2D eigenvalue weighted by atomic mass is 35.5. The molecule has 1 amide bonds. The zero-order chi connectivity index (χ0) is 30.0. The number of ether oxygens (including phenoxy) is 3. The molecule has 0 fully saturated rings. The van der Waals surface area contributed by atoms with Crippen molar-refractivity contribution in [2.45, 2.75) is 17.4 Å². The van der Waals surface area contributed by atoms with Crippen molar-refractivity contribution in [1.82, 2.24) is 0 Å². The van der Waals surface area contributed by atoms with Crippen LogP contribution in [0.4, 0.5) is 36.4 Å². The van der Waals surface area contributed by atoms with Crippen LogP contribution in [0.2, 0.25) is 5.02 Å². The SMILES string of the molecule is [2H]C([2H])([2H])Oc1cc(OC(F)(F)F)ccc1Oc1cc(C(F)(F)F)c(Cl)cc1C(=O)Nc1ccc(F)c(SC)c1. The van der Waals surface area contributed by atoms with Crippen LogP contribution in [0.3, 0.4) is 0 Å². The van der Waals surface area contributed by atoms with E-state index in [0.29, 0.717) is 24.3 Å². The predicted octanol–water partition coefficient (Wildman–Crippen LogP) is 8.17. The molecule has 1 N–H and O–H groups in total. The van der Waals surface area contributed by atoms with E-state index in [1.807, 2.05) is 0 Å². The summed E-state index contributed by atoms with van der Waals surface area (Å²) in [5.74, 6) is -4.96. The van der Waals surface area contributed by atoms with Gasteiger partial charge in [-0.2, -0.15) is 13.2 Å². The first-order chi connectivity index (χ1) is 18.4. The Bertz CT molecular complexity index is 1420. The molecule has 0 saturated carbocycles. The Morgan fingerprint density at radius 2 is 1.73 bits per heavy atom. The van der Waals surface area contributed by atoms with Crippen molar-refractivity contribution in [2.75, 3.05) is 18.6 Å². The topological polar surface area (TPSA) is 56.8 Å². The van der Waals surface area contributed by atoms with Crippen molar-refractivity contribution < 1.29 is 53.9 Å².